The van der Waals surface area contributed by atoms with Crippen molar-refractivity contribution in [2.45, 2.75) is 4.90 Å². The van der Waals surface area contributed by atoms with Crippen LogP contribution < -0.4 is 4.72 Å². The second-order valence-electron chi connectivity index (χ2n) is 5.37. The molecule has 120 valence electrons. The summed E-state index contributed by atoms with van der Waals surface area (Å²) in [5.41, 5.74) is 1.95. The van der Waals surface area contributed by atoms with Crippen molar-refractivity contribution in [3.05, 3.63) is 70.3 Å². The molecule has 3 aromatic carbocycles. The van der Waals surface area contributed by atoms with E-state index < -0.39 is 10.0 Å². The van der Waals surface area contributed by atoms with Crippen LogP contribution in [0.2, 0.25) is 0 Å². The maximum atomic E-state index is 12.6. The Bertz CT molecular complexity index is 1150. The topological polar surface area (TPSA) is 59.3 Å². The Labute approximate surface area is 152 Å². The molecule has 0 saturated heterocycles. The minimum Gasteiger partial charge on any atom is -0.456 e. The maximum Gasteiger partial charge on any atom is 0.261 e. The number of halogens is 1. The van der Waals surface area contributed by atoms with Crippen molar-refractivity contribution in [2.75, 3.05) is 4.72 Å². The molecule has 0 aliphatic carbocycles. The predicted octanol–water partition coefficient (Wildman–Crippen LogP) is 4.99. The van der Waals surface area contributed by atoms with E-state index in [9.17, 15) is 8.42 Å². The van der Waals surface area contributed by atoms with Crippen LogP contribution in [0.4, 0.5) is 5.69 Å². The van der Waals surface area contributed by atoms with Crippen molar-refractivity contribution in [3.8, 4) is 0 Å². The number of hydrogen-bond donors (Lipinski definition) is 1. The van der Waals surface area contributed by atoms with Crippen molar-refractivity contribution in [1.29, 1.82) is 0 Å². The van der Waals surface area contributed by atoms with Crippen molar-refractivity contribution >= 4 is 60.2 Å². The fourth-order valence-corrected chi connectivity index (χ4v) is 4.05. The molecule has 0 unspecified atom stereocenters. The van der Waals surface area contributed by atoms with E-state index in [-0.39, 0.29) is 4.90 Å². The summed E-state index contributed by atoms with van der Waals surface area (Å²) in [6.45, 7) is 0. The van der Waals surface area contributed by atoms with Gasteiger partial charge < -0.3 is 4.42 Å². The third-order valence-electron chi connectivity index (χ3n) is 3.75. The Morgan fingerprint density at radius 3 is 2.33 bits per heavy atom. The van der Waals surface area contributed by atoms with Gasteiger partial charge in [0.15, 0.2) is 0 Å². The Morgan fingerprint density at radius 1 is 0.833 bits per heavy atom. The highest BCUT2D eigenvalue weighted by atomic mass is 127. The summed E-state index contributed by atoms with van der Waals surface area (Å²) in [4.78, 5) is 0.208. The van der Waals surface area contributed by atoms with Crippen molar-refractivity contribution < 1.29 is 12.8 Å². The molecule has 0 saturated carbocycles. The number of rotatable bonds is 3. The van der Waals surface area contributed by atoms with Gasteiger partial charge in [-0.05, 0) is 71.1 Å². The Balaban J connectivity index is 1.79. The van der Waals surface area contributed by atoms with Gasteiger partial charge in [0.05, 0.1) is 4.90 Å². The van der Waals surface area contributed by atoms with Crippen molar-refractivity contribution in [1.82, 2.24) is 0 Å². The number of anilines is 1. The van der Waals surface area contributed by atoms with E-state index in [1.807, 2.05) is 36.4 Å². The highest BCUT2D eigenvalue weighted by Crippen LogP contribution is 2.30. The van der Waals surface area contributed by atoms with Crippen molar-refractivity contribution in [2.24, 2.45) is 0 Å². The highest BCUT2D eigenvalue weighted by molar-refractivity contribution is 14.1. The SMILES string of the molecule is O=S(=O)(Nc1ccc(I)cc1)c1ccc2oc3ccccc3c2c1. The fourth-order valence-electron chi connectivity index (χ4n) is 2.60. The average molecular weight is 449 g/mol. The molecule has 0 aliphatic rings. The summed E-state index contributed by atoms with van der Waals surface area (Å²) < 4.78 is 34.7. The number of hydrogen-bond acceptors (Lipinski definition) is 3. The Kier molecular flexibility index (Phi) is 3.73. The average Bonchev–Trinajstić information content (AvgIpc) is 2.94. The fraction of sp³-hybridized carbons (Fsp3) is 0. The lowest BCUT2D eigenvalue weighted by Gasteiger charge is -2.08. The van der Waals surface area contributed by atoms with Gasteiger partial charge in [-0.3, -0.25) is 4.72 Å². The van der Waals surface area contributed by atoms with Crippen LogP contribution in [0.15, 0.2) is 76.0 Å². The lowest BCUT2D eigenvalue weighted by Crippen LogP contribution is -2.12. The number of nitrogens with one attached hydrogen (secondary N) is 1. The van der Waals surface area contributed by atoms with Gasteiger partial charge in [-0.1, -0.05) is 18.2 Å². The minimum absolute atomic E-state index is 0.208. The molecule has 0 spiro atoms. The molecular formula is C18H12INO3S. The molecule has 0 atom stereocenters. The van der Waals surface area contributed by atoms with E-state index in [0.29, 0.717) is 11.3 Å². The summed E-state index contributed by atoms with van der Waals surface area (Å²) in [7, 11) is -3.66. The second kappa shape index (κ2) is 5.78. The zero-order valence-corrected chi connectivity index (χ0v) is 15.3. The van der Waals surface area contributed by atoms with Gasteiger partial charge in [-0.15, -0.1) is 0 Å². The summed E-state index contributed by atoms with van der Waals surface area (Å²) >= 11 is 2.17. The second-order valence-corrected chi connectivity index (χ2v) is 8.30. The van der Waals surface area contributed by atoms with Gasteiger partial charge in [0.25, 0.3) is 10.0 Å². The monoisotopic (exact) mass is 449 g/mol. The standard InChI is InChI=1S/C18H12INO3S/c19-12-5-7-13(8-6-12)20-24(21,22)14-9-10-18-16(11-14)15-3-1-2-4-17(15)23-18/h1-11,20H. The van der Waals surface area contributed by atoms with E-state index in [0.717, 1.165) is 19.9 Å². The minimum atomic E-state index is -3.66. The summed E-state index contributed by atoms with van der Waals surface area (Å²) in [6, 6.07) is 19.7. The Hall–Kier alpha value is -2.06. The molecular weight excluding hydrogens is 437 g/mol. The lowest BCUT2D eigenvalue weighted by molar-refractivity contribution is 0.601. The maximum absolute atomic E-state index is 12.6. The van der Waals surface area contributed by atoms with E-state index in [1.54, 1.807) is 30.3 Å². The van der Waals surface area contributed by atoms with E-state index in [2.05, 4.69) is 27.3 Å². The zero-order chi connectivity index (χ0) is 16.7. The number of sulfonamides is 1. The third kappa shape index (κ3) is 2.76. The van der Waals surface area contributed by atoms with Crippen molar-refractivity contribution in [3.63, 3.8) is 0 Å². The van der Waals surface area contributed by atoms with Crippen LogP contribution in [-0.4, -0.2) is 8.42 Å². The molecule has 1 aromatic heterocycles. The van der Waals surface area contributed by atoms with Gasteiger partial charge in [-0.25, -0.2) is 8.42 Å². The van der Waals surface area contributed by atoms with Gasteiger partial charge in [0.1, 0.15) is 11.2 Å². The highest BCUT2D eigenvalue weighted by Gasteiger charge is 2.16. The third-order valence-corrected chi connectivity index (χ3v) is 5.85. The largest absolute Gasteiger partial charge is 0.456 e. The van der Waals surface area contributed by atoms with E-state index in [4.69, 9.17) is 4.42 Å². The molecule has 0 amide bonds. The predicted molar refractivity (Wildman–Crippen MR) is 104 cm³/mol. The van der Waals surface area contributed by atoms with Gasteiger partial charge >= 0.3 is 0 Å². The molecule has 4 nitrogen and oxygen atoms in total. The number of benzene rings is 3. The van der Waals surface area contributed by atoms with Crippen LogP contribution in [0.3, 0.4) is 0 Å². The van der Waals surface area contributed by atoms with E-state index in [1.165, 1.54) is 0 Å². The van der Waals surface area contributed by atoms with Crippen LogP contribution in [-0.2, 0) is 10.0 Å². The van der Waals surface area contributed by atoms with Crippen LogP contribution in [0, 0.1) is 3.57 Å². The number of fused-ring (bicyclic) bond motifs is 3. The molecule has 4 rings (SSSR count). The van der Waals surface area contributed by atoms with Crippen LogP contribution in [0.5, 0.6) is 0 Å². The lowest BCUT2D eigenvalue weighted by atomic mass is 10.1. The summed E-state index contributed by atoms with van der Waals surface area (Å²) in [5, 5.41) is 1.69. The molecule has 4 aromatic rings. The first-order chi connectivity index (χ1) is 11.5. The Morgan fingerprint density at radius 2 is 1.54 bits per heavy atom. The van der Waals surface area contributed by atoms with Crippen LogP contribution in [0.1, 0.15) is 0 Å². The molecule has 0 bridgehead atoms. The quantitative estimate of drug-likeness (QED) is 0.449. The normalized spacial score (nSPS) is 11.9. The number of furan rings is 1. The molecule has 0 aliphatic heterocycles. The summed E-state index contributed by atoms with van der Waals surface area (Å²) in [5.74, 6) is 0. The zero-order valence-electron chi connectivity index (χ0n) is 12.4. The molecule has 0 fully saturated rings. The molecule has 0 radical (unpaired) electrons. The molecule has 1 heterocycles. The van der Waals surface area contributed by atoms with Crippen LogP contribution >= 0.6 is 22.6 Å². The molecule has 1 N–H and O–H groups in total. The molecule has 6 heteroatoms. The summed E-state index contributed by atoms with van der Waals surface area (Å²) in [6.07, 6.45) is 0. The van der Waals surface area contributed by atoms with E-state index >= 15 is 0 Å². The first-order valence-corrected chi connectivity index (χ1v) is 9.79. The smallest absolute Gasteiger partial charge is 0.261 e. The first-order valence-electron chi connectivity index (χ1n) is 7.23. The van der Waals surface area contributed by atoms with Gasteiger partial charge in [0.2, 0.25) is 0 Å². The van der Waals surface area contributed by atoms with Gasteiger partial charge in [-0.2, -0.15) is 0 Å². The van der Waals surface area contributed by atoms with Crippen LogP contribution in [0.25, 0.3) is 21.9 Å². The first kappa shape index (κ1) is 15.5. The number of para-hydroxylation sites is 1. The molecule has 24 heavy (non-hydrogen) atoms. The van der Waals surface area contributed by atoms with Gasteiger partial charge in [0, 0.05) is 20.0 Å².